The first-order valence-corrected chi connectivity index (χ1v) is 5.88. The molecule has 0 aliphatic rings. The zero-order valence-corrected chi connectivity index (χ0v) is 9.98. The molecule has 1 aromatic carbocycles. The Kier molecular flexibility index (Phi) is 4.83. The van der Waals surface area contributed by atoms with Crippen LogP contribution in [0.15, 0.2) is 30.3 Å². The molecule has 84 valence electrons. The minimum atomic E-state index is -0.263. The van der Waals surface area contributed by atoms with Gasteiger partial charge < -0.3 is 5.11 Å². The summed E-state index contributed by atoms with van der Waals surface area (Å²) in [5.74, 6) is 0.950. The molecule has 0 aromatic heterocycles. The monoisotopic (exact) mass is 206 g/mol. The summed E-state index contributed by atoms with van der Waals surface area (Å²) in [4.78, 5) is 0. The molecule has 1 heteroatoms. The number of rotatable bonds is 5. The molecule has 15 heavy (non-hydrogen) atoms. The van der Waals surface area contributed by atoms with Gasteiger partial charge in [0.1, 0.15) is 0 Å². The summed E-state index contributed by atoms with van der Waals surface area (Å²) in [5, 5.41) is 9.81. The summed E-state index contributed by atoms with van der Waals surface area (Å²) >= 11 is 0. The van der Waals surface area contributed by atoms with Crippen LogP contribution in [0.1, 0.15) is 45.1 Å². The molecular weight excluding hydrogens is 184 g/mol. The van der Waals surface area contributed by atoms with Gasteiger partial charge in [0, 0.05) is 5.92 Å². The van der Waals surface area contributed by atoms with Crippen LogP contribution in [-0.4, -0.2) is 11.2 Å². The molecule has 0 saturated heterocycles. The molecule has 0 spiro atoms. The van der Waals surface area contributed by atoms with Crippen molar-refractivity contribution in [3.63, 3.8) is 0 Å². The maximum absolute atomic E-state index is 9.81. The molecular formula is C14H22O. The minimum Gasteiger partial charge on any atom is -0.393 e. The van der Waals surface area contributed by atoms with E-state index < -0.39 is 0 Å². The van der Waals surface area contributed by atoms with Gasteiger partial charge in [0.05, 0.1) is 6.10 Å². The van der Waals surface area contributed by atoms with Crippen LogP contribution in [0.2, 0.25) is 0 Å². The highest BCUT2D eigenvalue weighted by atomic mass is 16.3. The fourth-order valence-electron chi connectivity index (χ4n) is 1.91. The average Bonchev–Trinajstić information content (AvgIpc) is 2.26. The predicted octanol–water partition coefficient (Wildman–Crippen LogP) is 3.59. The molecule has 0 aliphatic carbocycles. The van der Waals surface area contributed by atoms with Crippen LogP contribution < -0.4 is 0 Å². The van der Waals surface area contributed by atoms with Crippen molar-refractivity contribution in [3.8, 4) is 0 Å². The molecule has 0 bridgehead atoms. The van der Waals surface area contributed by atoms with Crippen molar-refractivity contribution in [2.24, 2.45) is 5.92 Å². The fraction of sp³-hybridized carbons (Fsp3) is 0.571. The second-order valence-corrected chi connectivity index (χ2v) is 4.51. The Bertz CT molecular complexity index is 266. The average molecular weight is 206 g/mol. The number of aliphatic hydroxyl groups excluding tert-OH is 1. The van der Waals surface area contributed by atoms with Gasteiger partial charge in [-0.2, -0.15) is 0 Å². The molecule has 1 aromatic rings. The van der Waals surface area contributed by atoms with Crippen LogP contribution in [-0.2, 0) is 0 Å². The Balaban J connectivity index is 2.75. The number of hydrogen-bond acceptors (Lipinski definition) is 1. The summed E-state index contributed by atoms with van der Waals surface area (Å²) in [7, 11) is 0. The summed E-state index contributed by atoms with van der Waals surface area (Å²) in [6.07, 6.45) is 1.98. The molecule has 0 saturated carbocycles. The molecule has 1 nitrogen and oxygen atoms in total. The van der Waals surface area contributed by atoms with E-state index in [1.807, 2.05) is 25.1 Å². The SMILES string of the molecule is CC[C@H](C)C[C@@H](c1ccccc1)C(C)O. The Morgan fingerprint density at radius 2 is 1.73 bits per heavy atom. The van der Waals surface area contributed by atoms with Crippen molar-refractivity contribution in [3.05, 3.63) is 35.9 Å². The quantitative estimate of drug-likeness (QED) is 0.780. The Hall–Kier alpha value is -0.820. The van der Waals surface area contributed by atoms with Crippen molar-refractivity contribution in [2.45, 2.75) is 45.6 Å². The molecule has 1 N–H and O–H groups in total. The molecule has 1 unspecified atom stereocenters. The van der Waals surface area contributed by atoms with Gasteiger partial charge in [-0.15, -0.1) is 0 Å². The van der Waals surface area contributed by atoms with Gasteiger partial charge in [-0.3, -0.25) is 0 Å². The highest BCUT2D eigenvalue weighted by Gasteiger charge is 2.19. The van der Waals surface area contributed by atoms with E-state index in [9.17, 15) is 5.11 Å². The van der Waals surface area contributed by atoms with Crippen molar-refractivity contribution in [1.29, 1.82) is 0 Å². The van der Waals surface area contributed by atoms with Crippen LogP contribution in [0.5, 0.6) is 0 Å². The van der Waals surface area contributed by atoms with Crippen LogP contribution in [0, 0.1) is 5.92 Å². The van der Waals surface area contributed by atoms with Gasteiger partial charge in [-0.25, -0.2) is 0 Å². The standard InChI is InChI=1S/C14H22O/c1-4-11(2)10-14(12(3)15)13-8-6-5-7-9-13/h5-9,11-12,14-15H,4,10H2,1-3H3/t11-,12?,14+/m0/s1. The number of aliphatic hydroxyl groups is 1. The van der Waals surface area contributed by atoms with Crippen molar-refractivity contribution in [1.82, 2.24) is 0 Å². The topological polar surface area (TPSA) is 20.2 Å². The minimum absolute atomic E-state index is 0.263. The Labute approximate surface area is 93.1 Å². The third-order valence-corrected chi connectivity index (χ3v) is 3.16. The van der Waals surface area contributed by atoms with E-state index in [1.165, 1.54) is 12.0 Å². The molecule has 0 fully saturated rings. The van der Waals surface area contributed by atoms with Gasteiger partial charge in [0.25, 0.3) is 0 Å². The van der Waals surface area contributed by atoms with E-state index in [-0.39, 0.29) is 12.0 Å². The second-order valence-electron chi connectivity index (χ2n) is 4.51. The van der Waals surface area contributed by atoms with Crippen LogP contribution in [0.25, 0.3) is 0 Å². The third-order valence-electron chi connectivity index (χ3n) is 3.16. The van der Waals surface area contributed by atoms with Crippen LogP contribution in [0.4, 0.5) is 0 Å². The Morgan fingerprint density at radius 1 is 1.13 bits per heavy atom. The highest BCUT2D eigenvalue weighted by Crippen LogP contribution is 2.28. The summed E-state index contributed by atoms with van der Waals surface area (Å²) in [6, 6.07) is 10.3. The summed E-state index contributed by atoms with van der Waals surface area (Å²) in [6.45, 7) is 6.34. The lowest BCUT2D eigenvalue weighted by molar-refractivity contribution is 0.148. The predicted molar refractivity (Wildman–Crippen MR) is 64.9 cm³/mol. The molecule has 0 amide bonds. The van der Waals surface area contributed by atoms with E-state index in [0.717, 1.165) is 6.42 Å². The maximum atomic E-state index is 9.81. The number of hydrogen-bond donors (Lipinski definition) is 1. The first-order valence-electron chi connectivity index (χ1n) is 5.88. The van der Waals surface area contributed by atoms with E-state index in [2.05, 4.69) is 26.0 Å². The van der Waals surface area contributed by atoms with Crippen LogP contribution >= 0.6 is 0 Å². The lowest BCUT2D eigenvalue weighted by Crippen LogP contribution is -2.17. The third kappa shape index (κ3) is 3.67. The van der Waals surface area contributed by atoms with Gasteiger partial charge in [0.15, 0.2) is 0 Å². The lowest BCUT2D eigenvalue weighted by atomic mass is 9.85. The fourth-order valence-corrected chi connectivity index (χ4v) is 1.91. The van der Waals surface area contributed by atoms with Gasteiger partial charge in [-0.1, -0.05) is 50.6 Å². The second kappa shape index (κ2) is 5.92. The number of benzene rings is 1. The summed E-state index contributed by atoms with van der Waals surface area (Å²) < 4.78 is 0. The van der Waals surface area contributed by atoms with E-state index >= 15 is 0 Å². The van der Waals surface area contributed by atoms with Gasteiger partial charge >= 0.3 is 0 Å². The van der Waals surface area contributed by atoms with Crippen molar-refractivity contribution in [2.75, 3.05) is 0 Å². The Morgan fingerprint density at radius 3 is 2.20 bits per heavy atom. The maximum Gasteiger partial charge on any atom is 0.0580 e. The van der Waals surface area contributed by atoms with Crippen molar-refractivity contribution < 1.29 is 5.11 Å². The highest BCUT2D eigenvalue weighted by molar-refractivity contribution is 5.20. The van der Waals surface area contributed by atoms with Gasteiger partial charge in [-0.05, 0) is 24.8 Å². The molecule has 0 aliphatic heterocycles. The van der Waals surface area contributed by atoms with Crippen LogP contribution in [0.3, 0.4) is 0 Å². The molecule has 3 atom stereocenters. The van der Waals surface area contributed by atoms with Gasteiger partial charge in [0.2, 0.25) is 0 Å². The largest absolute Gasteiger partial charge is 0.393 e. The lowest BCUT2D eigenvalue weighted by Gasteiger charge is -2.23. The first kappa shape index (κ1) is 12.3. The van der Waals surface area contributed by atoms with Crippen molar-refractivity contribution >= 4 is 0 Å². The summed E-state index contributed by atoms with van der Waals surface area (Å²) in [5.41, 5.74) is 1.26. The van der Waals surface area contributed by atoms with E-state index in [0.29, 0.717) is 5.92 Å². The van der Waals surface area contributed by atoms with E-state index in [1.54, 1.807) is 0 Å². The first-order chi connectivity index (χ1) is 7.15. The smallest absolute Gasteiger partial charge is 0.0580 e. The van der Waals surface area contributed by atoms with E-state index in [4.69, 9.17) is 0 Å². The normalized spacial score (nSPS) is 17.1. The zero-order valence-electron chi connectivity index (χ0n) is 9.98. The molecule has 1 rings (SSSR count). The molecule has 0 radical (unpaired) electrons. The molecule has 0 heterocycles. The zero-order chi connectivity index (χ0) is 11.3.